The van der Waals surface area contributed by atoms with Crippen molar-refractivity contribution in [2.24, 2.45) is 0 Å². The van der Waals surface area contributed by atoms with E-state index in [2.05, 4.69) is 0 Å². The molecular formula is C16H15FO3. The highest BCUT2D eigenvalue weighted by Crippen LogP contribution is 2.32. The van der Waals surface area contributed by atoms with Crippen LogP contribution in [0.4, 0.5) is 4.39 Å². The monoisotopic (exact) mass is 274 g/mol. The Hall–Kier alpha value is -2.20. The Morgan fingerprint density at radius 3 is 2.20 bits per heavy atom. The highest BCUT2D eigenvalue weighted by Gasteiger charge is 2.30. The molecule has 0 aromatic heterocycles. The van der Waals surface area contributed by atoms with Crippen molar-refractivity contribution < 1.29 is 19.0 Å². The topological polar surface area (TPSA) is 46.5 Å². The van der Waals surface area contributed by atoms with Crippen molar-refractivity contribution in [1.29, 1.82) is 0 Å². The molecule has 0 aliphatic carbocycles. The summed E-state index contributed by atoms with van der Waals surface area (Å²) in [4.78, 5) is 11.9. The lowest BCUT2D eigenvalue weighted by molar-refractivity contribution is -0.145. The molecule has 0 amide bonds. The van der Waals surface area contributed by atoms with Crippen LogP contribution in [0.25, 0.3) is 0 Å². The fourth-order valence-electron chi connectivity index (χ4n) is 2.09. The van der Waals surface area contributed by atoms with Crippen molar-refractivity contribution in [3.63, 3.8) is 0 Å². The second kappa shape index (κ2) is 6.30. The minimum Gasteiger partial charge on any atom is -0.468 e. The van der Waals surface area contributed by atoms with Crippen molar-refractivity contribution in [3.05, 3.63) is 71.5 Å². The van der Waals surface area contributed by atoms with Gasteiger partial charge >= 0.3 is 5.97 Å². The first kappa shape index (κ1) is 14.2. The Bertz CT molecular complexity index is 566. The molecule has 0 aliphatic rings. The third-order valence-electron chi connectivity index (χ3n) is 3.14. The third-order valence-corrected chi connectivity index (χ3v) is 3.14. The number of ether oxygens (including phenoxy) is 1. The maximum atomic E-state index is 12.9. The molecule has 0 aliphatic heterocycles. The predicted octanol–water partition coefficient (Wildman–Crippen LogP) is 2.82. The van der Waals surface area contributed by atoms with Crippen LogP contribution < -0.4 is 0 Å². The summed E-state index contributed by atoms with van der Waals surface area (Å²) >= 11 is 0. The van der Waals surface area contributed by atoms with Gasteiger partial charge in [-0.2, -0.15) is 0 Å². The zero-order valence-electron chi connectivity index (χ0n) is 11.0. The van der Waals surface area contributed by atoms with Gasteiger partial charge in [0.1, 0.15) is 11.7 Å². The van der Waals surface area contributed by atoms with E-state index in [1.165, 1.54) is 31.4 Å². The van der Waals surface area contributed by atoms with Crippen LogP contribution in [0.5, 0.6) is 0 Å². The lowest BCUT2D eigenvalue weighted by Crippen LogP contribution is -2.21. The Labute approximate surface area is 116 Å². The predicted molar refractivity (Wildman–Crippen MR) is 72.6 cm³/mol. The van der Waals surface area contributed by atoms with Gasteiger partial charge in [0.2, 0.25) is 0 Å². The van der Waals surface area contributed by atoms with E-state index >= 15 is 0 Å². The Morgan fingerprint density at radius 1 is 1.05 bits per heavy atom. The standard InChI is InChI=1S/C16H15FO3/c1-20-16(19)14(11-5-3-2-4-6-11)15(18)12-7-9-13(17)10-8-12/h2-10,14-15,18H,1H3/t14-,15+/m0/s1. The van der Waals surface area contributed by atoms with Gasteiger partial charge in [0.15, 0.2) is 0 Å². The molecule has 1 N–H and O–H groups in total. The molecule has 0 saturated heterocycles. The Kier molecular flexibility index (Phi) is 4.48. The molecular weight excluding hydrogens is 259 g/mol. The van der Waals surface area contributed by atoms with Crippen LogP contribution >= 0.6 is 0 Å². The number of carbonyl (C=O) groups excluding carboxylic acids is 1. The van der Waals surface area contributed by atoms with Gasteiger partial charge in [-0.05, 0) is 23.3 Å². The first-order valence-corrected chi connectivity index (χ1v) is 6.20. The Morgan fingerprint density at radius 2 is 1.65 bits per heavy atom. The molecule has 2 atom stereocenters. The van der Waals surface area contributed by atoms with Crippen LogP contribution in [0.15, 0.2) is 54.6 Å². The molecule has 0 radical (unpaired) electrons. The summed E-state index contributed by atoms with van der Waals surface area (Å²) in [5.41, 5.74) is 1.11. The summed E-state index contributed by atoms with van der Waals surface area (Å²) in [5.74, 6) is -1.77. The molecule has 0 bridgehead atoms. The van der Waals surface area contributed by atoms with E-state index in [-0.39, 0.29) is 0 Å². The SMILES string of the molecule is COC(=O)[C@@H](c1ccccc1)[C@H](O)c1ccc(F)cc1. The molecule has 0 spiro atoms. The van der Waals surface area contributed by atoms with Crippen LogP contribution in [0.3, 0.4) is 0 Å². The second-order valence-electron chi connectivity index (χ2n) is 4.41. The van der Waals surface area contributed by atoms with E-state index in [0.29, 0.717) is 11.1 Å². The Balaban J connectivity index is 2.36. The van der Waals surface area contributed by atoms with E-state index in [0.717, 1.165) is 0 Å². The highest BCUT2D eigenvalue weighted by atomic mass is 19.1. The van der Waals surface area contributed by atoms with Crippen LogP contribution in [-0.4, -0.2) is 18.2 Å². The molecule has 0 saturated carbocycles. The fraction of sp³-hybridized carbons (Fsp3) is 0.188. The number of hydrogen-bond donors (Lipinski definition) is 1. The van der Waals surface area contributed by atoms with Gasteiger partial charge in [0.25, 0.3) is 0 Å². The van der Waals surface area contributed by atoms with Crippen molar-refractivity contribution in [2.45, 2.75) is 12.0 Å². The number of benzene rings is 2. The molecule has 104 valence electrons. The maximum Gasteiger partial charge on any atom is 0.316 e. The third kappa shape index (κ3) is 3.03. The normalized spacial score (nSPS) is 13.6. The van der Waals surface area contributed by atoms with Gasteiger partial charge in [-0.3, -0.25) is 4.79 Å². The van der Waals surface area contributed by atoms with E-state index in [1.54, 1.807) is 24.3 Å². The first-order chi connectivity index (χ1) is 9.63. The number of aliphatic hydroxyl groups excluding tert-OH is 1. The van der Waals surface area contributed by atoms with Crippen molar-refractivity contribution >= 4 is 5.97 Å². The van der Waals surface area contributed by atoms with E-state index in [9.17, 15) is 14.3 Å². The summed E-state index contributed by atoms with van der Waals surface area (Å²) in [6, 6.07) is 14.3. The van der Waals surface area contributed by atoms with Crippen LogP contribution in [0.1, 0.15) is 23.1 Å². The van der Waals surface area contributed by atoms with Crippen LogP contribution in [0.2, 0.25) is 0 Å². The smallest absolute Gasteiger partial charge is 0.316 e. The molecule has 0 fully saturated rings. The molecule has 0 heterocycles. The summed E-state index contributed by atoms with van der Waals surface area (Å²) < 4.78 is 17.7. The lowest BCUT2D eigenvalue weighted by atomic mass is 9.89. The molecule has 2 aromatic carbocycles. The van der Waals surface area contributed by atoms with Gasteiger partial charge in [-0.1, -0.05) is 42.5 Å². The number of rotatable bonds is 4. The molecule has 2 aromatic rings. The van der Waals surface area contributed by atoms with E-state index in [4.69, 9.17) is 4.74 Å². The van der Waals surface area contributed by atoms with Crippen molar-refractivity contribution in [1.82, 2.24) is 0 Å². The average molecular weight is 274 g/mol. The number of carbonyl (C=O) groups is 1. The summed E-state index contributed by atoms with van der Waals surface area (Å²) in [7, 11) is 1.27. The minimum absolute atomic E-state index is 0.393. The zero-order valence-corrected chi connectivity index (χ0v) is 11.0. The number of esters is 1. The van der Waals surface area contributed by atoms with Gasteiger partial charge in [-0.15, -0.1) is 0 Å². The molecule has 3 nitrogen and oxygen atoms in total. The van der Waals surface area contributed by atoms with E-state index < -0.39 is 23.8 Å². The zero-order chi connectivity index (χ0) is 14.5. The summed E-state index contributed by atoms with van der Waals surface area (Å²) in [5, 5.41) is 10.4. The minimum atomic E-state index is -1.09. The molecule has 0 unspecified atom stereocenters. The van der Waals surface area contributed by atoms with Crippen molar-refractivity contribution in [3.8, 4) is 0 Å². The number of hydrogen-bond acceptors (Lipinski definition) is 3. The first-order valence-electron chi connectivity index (χ1n) is 6.20. The number of halogens is 1. The summed E-state index contributed by atoms with van der Waals surface area (Å²) in [6.07, 6.45) is -1.09. The second-order valence-corrected chi connectivity index (χ2v) is 4.41. The van der Waals surface area contributed by atoms with Gasteiger partial charge < -0.3 is 9.84 Å². The quantitative estimate of drug-likeness (QED) is 0.872. The van der Waals surface area contributed by atoms with Crippen LogP contribution in [-0.2, 0) is 9.53 Å². The number of methoxy groups -OCH3 is 1. The van der Waals surface area contributed by atoms with Gasteiger partial charge in [-0.25, -0.2) is 4.39 Å². The fourth-order valence-corrected chi connectivity index (χ4v) is 2.09. The molecule has 4 heteroatoms. The van der Waals surface area contributed by atoms with Gasteiger partial charge in [0.05, 0.1) is 13.2 Å². The molecule has 2 rings (SSSR count). The lowest BCUT2D eigenvalue weighted by Gasteiger charge is -2.21. The van der Waals surface area contributed by atoms with Crippen LogP contribution in [0, 0.1) is 5.82 Å². The van der Waals surface area contributed by atoms with E-state index in [1.807, 2.05) is 6.07 Å². The highest BCUT2D eigenvalue weighted by molar-refractivity contribution is 5.79. The molecule has 20 heavy (non-hydrogen) atoms. The number of aliphatic hydroxyl groups is 1. The summed E-state index contributed by atoms with van der Waals surface area (Å²) in [6.45, 7) is 0. The van der Waals surface area contributed by atoms with Gasteiger partial charge in [0, 0.05) is 0 Å². The largest absolute Gasteiger partial charge is 0.468 e. The average Bonchev–Trinajstić information content (AvgIpc) is 2.49. The van der Waals surface area contributed by atoms with Crippen molar-refractivity contribution in [2.75, 3.05) is 7.11 Å². The maximum absolute atomic E-state index is 12.9.